The highest BCUT2D eigenvalue weighted by Gasteiger charge is 2.22. The number of furan rings is 1. The van der Waals surface area contributed by atoms with E-state index in [1.54, 1.807) is 25.1 Å². The van der Waals surface area contributed by atoms with E-state index in [-0.39, 0.29) is 45.9 Å². The minimum atomic E-state index is -0.369. The van der Waals surface area contributed by atoms with Crippen molar-refractivity contribution in [2.45, 2.75) is 13.5 Å². The van der Waals surface area contributed by atoms with Crippen LogP contribution in [-0.4, -0.2) is 5.11 Å². The summed E-state index contributed by atoms with van der Waals surface area (Å²) in [6.45, 7) is 1.75. The van der Waals surface area contributed by atoms with Crippen molar-refractivity contribution >= 4 is 21.9 Å². The monoisotopic (exact) mass is 340 g/mol. The highest BCUT2D eigenvalue weighted by Crippen LogP contribution is 2.41. The van der Waals surface area contributed by atoms with Crippen LogP contribution in [0.1, 0.15) is 11.3 Å². The lowest BCUT2D eigenvalue weighted by molar-refractivity contribution is 0.303. The molecular weight excluding hydrogens is 327 g/mol. The molecule has 4 rings (SSSR count). The second-order valence-electron chi connectivity index (χ2n) is 5.68. The number of rotatable bonds is 3. The van der Waals surface area contributed by atoms with Crippen LogP contribution < -0.4 is 10.2 Å². The van der Waals surface area contributed by atoms with Gasteiger partial charge >= 0.3 is 0 Å². The molecule has 0 radical (unpaired) electrons. The molecule has 0 unspecified atom stereocenters. The Morgan fingerprint density at radius 1 is 1.16 bits per heavy atom. The van der Waals surface area contributed by atoms with Gasteiger partial charge in [-0.05, 0) is 30.7 Å². The zero-order valence-electron chi connectivity index (χ0n) is 13.2. The van der Waals surface area contributed by atoms with Gasteiger partial charge in [-0.2, -0.15) is 0 Å². The Hall–Kier alpha value is -3.28. The highest BCUT2D eigenvalue weighted by molar-refractivity contribution is 6.06. The van der Waals surface area contributed by atoms with Gasteiger partial charge in [-0.3, -0.25) is 4.79 Å². The summed E-state index contributed by atoms with van der Waals surface area (Å²) in [5.74, 6) is 0.0582. The quantitative estimate of drug-likeness (QED) is 0.603. The second-order valence-corrected chi connectivity index (χ2v) is 5.68. The van der Waals surface area contributed by atoms with Gasteiger partial charge in [-0.1, -0.05) is 12.1 Å². The van der Waals surface area contributed by atoms with Crippen LogP contribution in [0.15, 0.2) is 56.3 Å². The van der Waals surface area contributed by atoms with Gasteiger partial charge in [-0.25, -0.2) is 4.39 Å². The van der Waals surface area contributed by atoms with E-state index in [2.05, 4.69) is 0 Å². The maximum absolute atomic E-state index is 13.0. The van der Waals surface area contributed by atoms with Crippen LogP contribution in [0.4, 0.5) is 4.39 Å². The molecule has 0 amide bonds. The van der Waals surface area contributed by atoms with Crippen molar-refractivity contribution in [1.29, 1.82) is 0 Å². The number of phenolic OH excluding ortho intramolecular Hbond substituents is 1. The fourth-order valence-electron chi connectivity index (χ4n) is 2.77. The van der Waals surface area contributed by atoms with Crippen LogP contribution in [-0.2, 0) is 6.61 Å². The van der Waals surface area contributed by atoms with Crippen LogP contribution in [0, 0.1) is 12.7 Å². The van der Waals surface area contributed by atoms with Crippen molar-refractivity contribution < 1.29 is 23.1 Å². The summed E-state index contributed by atoms with van der Waals surface area (Å²) in [5, 5.41) is 10.8. The summed E-state index contributed by atoms with van der Waals surface area (Å²) >= 11 is 0. The number of phenols is 1. The number of aryl methyl sites for hydroxylation is 1. The maximum Gasteiger partial charge on any atom is 0.206 e. The van der Waals surface area contributed by atoms with E-state index in [0.717, 1.165) is 5.56 Å². The number of halogens is 1. The zero-order valence-corrected chi connectivity index (χ0v) is 13.2. The highest BCUT2D eigenvalue weighted by atomic mass is 19.1. The van der Waals surface area contributed by atoms with Crippen molar-refractivity contribution in [2.75, 3.05) is 0 Å². The number of ether oxygens (including phenoxy) is 1. The average molecular weight is 340 g/mol. The SMILES string of the molecule is Cc1cc(=O)c2c(O)c3ccoc3c(OCc3ccc(F)cc3)c2o1. The predicted molar refractivity (Wildman–Crippen MR) is 89.4 cm³/mol. The molecule has 0 aliphatic carbocycles. The summed E-state index contributed by atoms with van der Waals surface area (Å²) < 4.78 is 29.9. The van der Waals surface area contributed by atoms with Crippen molar-refractivity contribution in [3.05, 3.63) is 70.0 Å². The van der Waals surface area contributed by atoms with Gasteiger partial charge < -0.3 is 18.7 Å². The van der Waals surface area contributed by atoms with Crippen LogP contribution >= 0.6 is 0 Å². The molecule has 0 spiro atoms. The van der Waals surface area contributed by atoms with E-state index in [1.807, 2.05) is 0 Å². The molecule has 0 saturated carbocycles. The molecule has 5 nitrogen and oxygen atoms in total. The van der Waals surface area contributed by atoms with E-state index in [1.165, 1.54) is 24.5 Å². The van der Waals surface area contributed by atoms with Gasteiger partial charge in [-0.15, -0.1) is 0 Å². The predicted octanol–water partition coefficient (Wildman–Crippen LogP) is 4.27. The van der Waals surface area contributed by atoms with E-state index in [9.17, 15) is 14.3 Å². The molecule has 0 aliphatic heterocycles. The smallest absolute Gasteiger partial charge is 0.206 e. The molecule has 0 saturated heterocycles. The fraction of sp³-hybridized carbons (Fsp3) is 0.105. The topological polar surface area (TPSA) is 72.8 Å². The Bertz CT molecular complexity index is 1140. The Balaban J connectivity index is 1.91. The maximum atomic E-state index is 13.0. The molecule has 4 aromatic rings. The summed E-state index contributed by atoms with van der Waals surface area (Å²) in [6.07, 6.45) is 1.39. The van der Waals surface area contributed by atoms with Crippen LogP contribution in [0.5, 0.6) is 11.5 Å². The van der Waals surface area contributed by atoms with Crippen LogP contribution in [0.2, 0.25) is 0 Å². The molecule has 2 heterocycles. The van der Waals surface area contributed by atoms with Crippen molar-refractivity contribution in [3.63, 3.8) is 0 Å². The number of fused-ring (bicyclic) bond motifs is 2. The summed E-state index contributed by atoms with van der Waals surface area (Å²) in [6, 6.07) is 8.71. The Labute approximate surface area is 140 Å². The first-order chi connectivity index (χ1) is 12.0. The third kappa shape index (κ3) is 2.52. The van der Waals surface area contributed by atoms with Gasteiger partial charge in [0.1, 0.15) is 29.3 Å². The molecular formula is C19H13FO5. The number of hydrogen-bond acceptors (Lipinski definition) is 5. The third-order valence-electron chi connectivity index (χ3n) is 3.94. The first-order valence-electron chi connectivity index (χ1n) is 7.58. The third-order valence-corrected chi connectivity index (χ3v) is 3.94. The summed E-state index contributed by atoms with van der Waals surface area (Å²) in [7, 11) is 0. The van der Waals surface area contributed by atoms with Gasteiger partial charge in [0, 0.05) is 6.07 Å². The molecule has 25 heavy (non-hydrogen) atoms. The molecule has 2 aromatic carbocycles. The molecule has 126 valence electrons. The normalized spacial score (nSPS) is 11.3. The van der Waals surface area contributed by atoms with E-state index in [4.69, 9.17) is 13.6 Å². The second kappa shape index (κ2) is 5.66. The fourth-order valence-corrected chi connectivity index (χ4v) is 2.77. The average Bonchev–Trinajstić information content (AvgIpc) is 3.05. The van der Waals surface area contributed by atoms with E-state index in [0.29, 0.717) is 11.1 Å². The number of benzene rings is 2. The molecule has 0 fully saturated rings. The number of aromatic hydroxyl groups is 1. The molecule has 0 aliphatic rings. The minimum absolute atomic E-state index is 0.0357. The summed E-state index contributed by atoms with van der Waals surface area (Å²) in [5.41, 5.74) is 0.760. The Morgan fingerprint density at radius 3 is 2.68 bits per heavy atom. The largest absolute Gasteiger partial charge is 0.506 e. The van der Waals surface area contributed by atoms with Crippen LogP contribution in [0.25, 0.3) is 21.9 Å². The van der Waals surface area contributed by atoms with E-state index < -0.39 is 0 Å². The molecule has 2 aromatic heterocycles. The van der Waals surface area contributed by atoms with Gasteiger partial charge in [0.15, 0.2) is 16.6 Å². The summed E-state index contributed by atoms with van der Waals surface area (Å²) in [4.78, 5) is 12.3. The van der Waals surface area contributed by atoms with Crippen molar-refractivity contribution in [3.8, 4) is 11.5 Å². The first kappa shape index (κ1) is 15.3. The Morgan fingerprint density at radius 2 is 1.92 bits per heavy atom. The zero-order chi connectivity index (χ0) is 17.6. The van der Waals surface area contributed by atoms with E-state index >= 15 is 0 Å². The number of hydrogen-bond donors (Lipinski definition) is 1. The lowest BCUT2D eigenvalue weighted by Gasteiger charge is -2.11. The lowest BCUT2D eigenvalue weighted by atomic mass is 10.1. The minimum Gasteiger partial charge on any atom is -0.506 e. The molecule has 0 bridgehead atoms. The molecule has 6 heteroatoms. The van der Waals surface area contributed by atoms with Crippen molar-refractivity contribution in [2.24, 2.45) is 0 Å². The molecule has 1 N–H and O–H groups in total. The van der Waals surface area contributed by atoms with Gasteiger partial charge in [0.2, 0.25) is 5.75 Å². The molecule has 0 atom stereocenters. The first-order valence-corrected chi connectivity index (χ1v) is 7.58. The lowest BCUT2D eigenvalue weighted by Crippen LogP contribution is -2.03. The van der Waals surface area contributed by atoms with Gasteiger partial charge in [0.25, 0.3) is 0 Å². The van der Waals surface area contributed by atoms with Gasteiger partial charge in [0.05, 0.1) is 11.6 Å². The van der Waals surface area contributed by atoms with Crippen molar-refractivity contribution in [1.82, 2.24) is 0 Å². The Kier molecular flexibility index (Phi) is 3.46. The van der Waals surface area contributed by atoms with Crippen LogP contribution in [0.3, 0.4) is 0 Å². The standard InChI is InChI=1S/C19H13FO5/c1-10-8-14(21)15-16(22)13-6-7-23-17(13)19(18(15)25-10)24-9-11-2-4-12(20)5-3-11/h2-8,22H,9H2,1H3.